The Morgan fingerprint density at radius 3 is 1.63 bits per heavy atom. The Bertz CT molecular complexity index is 1160. The number of nitrogens with zero attached hydrogens (tertiary/aromatic N) is 2. The Balaban J connectivity index is 2.11. The first-order chi connectivity index (χ1) is 22.1. The Kier molecular flexibility index (Phi) is 15.7. The summed E-state index contributed by atoms with van der Waals surface area (Å²) >= 11 is 3.06. The van der Waals surface area contributed by atoms with Gasteiger partial charge in [0.15, 0.2) is 0 Å². The lowest BCUT2D eigenvalue weighted by molar-refractivity contribution is -0.147. The van der Waals surface area contributed by atoms with Crippen molar-refractivity contribution < 1.29 is 19.1 Å². The van der Waals surface area contributed by atoms with Crippen molar-refractivity contribution in [2.24, 2.45) is 11.8 Å². The maximum absolute atomic E-state index is 14.0. The minimum absolute atomic E-state index is 0.172. The molecule has 2 heterocycles. The first kappa shape index (κ1) is 38.6. The monoisotopic (exact) mass is 674 g/mol. The van der Waals surface area contributed by atoms with Crippen molar-refractivity contribution in [3.63, 3.8) is 0 Å². The van der Waals surface area contributed by atoms with E-state index in [1.165, 1.54) is 49.2 Å². The Morgan fingerprint density at radius 1 is 0.696 bits per heavy atom. The van der Waals surface area contributed by atoms with E-state index in [1.807, 2.05) is 0 Å². The van der Waals surface area contributed by atoms with Crippen molar-refractivity contribution in [3.05, 3.63) is 21.4 Å². The molecule has 1 aromatic carbocycles. The highest BCUT2D eigenvalue weighted by atomic mass is 32.2. The maximum Gasteiger partial charge on any atom is 0.279 e. The molecule has 0 aromatic heterocycles. The molecule has 0 saturated carbocycles. The lowest BCUT2D eigenvalue weighted by Gasteiger charge is -2.27. The second-order valence-electron chi connectivity index (χ2n) is 14.0. The minimum Gasteiger partial charge on any atom is -0.492 e. The zero-order valence-corrected chi connectivity index (χ0v) is 32.0. The average Bonchev–Trinajstić information content (AvgIpc) is 3.56. The van der Waals surface area contributed by atoms with Crippen molar-refractivity contribution in [1.29, 1.82) is 0 Å². The number of hydrazine groups is 1. The van der Waals surface area contributed by atoms with E-state index in [-0.39, 0.29) is 17.2 Å². The van der Waals surface area contributed by atoms with Crippen LogP contribution in [0.25, 0.3) is 0 Å². The number of benzene rings is 1. The van der Waals surface area contributed by atoms with Crippen molar-refractivity contribution in [3.8, 4) is 11.5 Å². The van der Waals surface area contributed by atoms with Gasteiger partial charge in [-0.05, 0) is 49.0 Å². The first-order valence-electron chi connectivity index (χ1n) is 18.3. The third-order valence-corrected chi connectivity index (χ3v) is 11.8. The molecule has 8 heteroatoms. The van der Waals surface area contributed by atoms with Crippen LogP contribution in [-0.2, 0) is 15.0 Å². The summed E-state index contributed by atoms with van der Waals surface area (Å²) < 4.78 is 14.3. The smallest absolute Gasteiger partial charge is 0.279 e. The van der Waals surface area contributed by atoms with E-state index in [2.05, 4.69) is 68.4 Å². The van der Waals surface area contributed by atoms with Gasteiger partial charge in [-0.3, -0.25) is 9.59 Å². The second-order valence-corrected chi connectivity index (χ2v) is 16.3. The number of carbonyl (C=O) groups excluding carboxylic acids is 2. The van der Waals surface area contributed by atoms with E-state index in [1.54, 1.807) is 10.0 Å². The predicted molar refractivity (Wildman–Crippen MR) is 195 cm³/mol. The van der Waals surface area contributed by atoms with E-state index < -0.39 is 0 Å². The van der Waals surface area contributed by atoms with Gasteiger partial charge in [-0.2, -0.15) is 0 Å². The van der Waals surface area contributed by atoms with E-state index in [0.29, 0.717) is 43.7 Å². The van der Waals surface area contributed by atoms with Crippen LogP contribution in [-0.4, -0.2) is 48.1 Å². The van der Waals surface area contributed by atoms with Crippen molar-refractivity contribution >= 4 is 35.3 Å². The number of rotatable bonds is 20. The van der Waals surface area contributed by atoms with Gasteiger partial charge >= 0.3 is 0 Å². The molecule has 0 N–H and O–H groups in total. The van der Waals surface area contributed by atoms with Crippen LogP contribution in [0.15, 0.2) is 25.7 Å². The minimum atomic E-state index is -0.187. The summed E-state index contributed by atoms with van der Waals surface area (Å²) in [7, 11) is 0. The van der Waals surface area contributed by atoms with E-state index in [0.717, 1.165) is 82.5 Å². The van der Waals surface area contributed by atoms with Gasteiger partial charge in [0.05, 0.1) is 27.2 Å². The molecule has 2 aliphatic rings. The number of hydrogen-bond acceptors (Lipinski definition) is 6. The van der Waals surface area contributed by atoms with Crippen molar-refractivity contribution in [2.45, 2.75) is 155 Å². The molecular weight excluding hydrogens is 613 g/mol. The Morgan fingerprint density at radius 2 is 1.17 bits per heavy atom. The molecule has 0 spiro atoms. The molecule has 1 aromatic rings. The molecule has 1 fully saturated rings. The van der Waals surface area contributed by atoms with E-state index >= 15 is 0 Å². The quantitative estimate of drug-likeness (QED) is 0.101. The highest BCUT2D eigenvalue weighted by Gasteiger charge is 2.45. The molecule has 0 radical (unpaired) electrons. The summed E-state index contributed by atoms with van der Waals surface area (Å²) in [5, 5.41) is 3.39. The number of hydrogen-bond donors (Lipinski definition) is 0. The van der Waals surface area contributed by atoms with Crippen LogP contribution in [0.2, 0.25) is 0 Å². The van der Waals surface area contributed by atoms with Crippen LogP contribution < -0.4 is 9.47 Å². The van der Waals surface area contributed by atoms with Gasteiger partial charge in [0.1, 0.15) is 17.1 Å². The summed E-state index contributed by atoms with van der Waals surface area (Å²) in [6.07, 6.45) is 12.9. The molecule has 6 nitrogen and oxygen atoms in total. The zero-order valence-electron chi connectivity index (χ0n) is 30.4. The van der Waals surface area contributed by atoms with Gasteiger partial charge in [0, 0.05) is 18.7 Å². The normalized spacial score (nSPS) is 16.5. The van der Waals surface area contributed by atoms with Crippen LogP contribution in [0.1, 0.15) is 145 Å². The first-order valence-corrected chi connectivity index (χ1v) is 19.9. The molecular formula is C38H62N2O4S2. The van der Waals surface area contributed by atoms with Crippen LogP contribution in [0, 0.1) is 11.8 Å². The van der Waals surface area contributed by atoms with Crippen molar-refractivity contribution in [2.75, 3.05) is 26.3 Å². The molecule has 2 amide bonds. The Hall–Kier alpha value is -1.80. The van der Waals surface area contributed by atoms with E-state index in [4.69, 9.17) is 9.47 Å². The fourth-order valence-corrected chi connectivity index (χ4v) is 8.61. The summed E-state index contributed by atoms with van der Waals surface area (Å²) in [4.78, 5) is 29.9. The van der Waals surface area contributed by atoms with Gasteiger partial charge in [-0.15, -0.1) is 0 Å². The molecule has 260 valence electrons. The van der Waals surface area contributed by atoms with Crippen molar-refractivity contribution in [1.82, 2.24) is 10.0 Å². The number of ether oxygens (including phenoxy) is 2. The number of amides is 2. The fraction of sp³-hybridized carbons (Fsp3) is 0.737. The summed E-state index contributed by atoms with van der Waals surface area (Å²) in [5.74, 6) is 2.36. The van der Waals surface area contributed by atoms with Crippen LogP contribution in [0.3, 0.4) is 0 Å². The third kappa shape index (κ3) is 9.64. The lowest BCUT2D eigenvalue weighted by Crippen LogP contribution is -2.42. The number of carbonyl (C=O) groups is 2. The van der Waals surface area contributed by atoms with Gasteiger partial charge in [0.2, 0.25) is 0 Å². The molecule has 2 unspecified atom stereocenters. The molecule has 0 aliphatic carbocycles. The average molecular weight is 675 g/mol. The Labute approximate surface area is 289 Å². The van der Waals surface area contributed by atoms with Gasteiger partial charge in [-0.25, -0.2) is 10.0 Å². The number of fused-ring (bicyclic) bond motifs is 1. The highest BCUT2D eigenvalue weighted by Crippen LogP contribution is 2.61. The van der Waals surface area contributed by atoms with E-state index in [9.17, 15) is 9.59 Å². The third-order valence-electron chi connectivity index (χ3n) is 9.22. The molecule has 1 saturated heterocycles. The zero-order chi connectivity index (χ0) is 33.9. The number of thioether (sulfide) groups is 2. The number of unbranched alkanes of at least 4 members (excludes halogenated alkanes) is 4. The maximum atomic E-state index is 14.0. The molecule has 2 atom stereocenters. The van der Waals surface area contributed by atoms with Crippen LogP contribution in [0.5, 0.6) is 11.5 Å². The predicted octanol–water partition coefficient (Wildman–Crippen LogP) is 10.8. The molecule has 0 bridgehead atoms. The molecule has 2 aliphatic heterocycles. The van der Waals surface area contributed by atoms with Crippen LogP contribution in [0.4, 0.5) is 0 Å². The van der Waals surface area contributed by atoms with Crippen LogP contribution >= 0.6 is 23.5 Å². The van der Waals surface area contributed by atoms with Gasteiger partial charge in [0.25, 0.3) is 11.8 Å². The summed E-state index contributed by atoms with van der Waals surface area (Å²) in [6, 6.07) is 2.19. The second kappa shape index (κ2) is 18.7. The lowest BCUT2D eigenvalue weighted by atomic mass is 9.86. The standard InChI is InChI=1S/C38H62N2O4S2/c1-10-16-20-27(14-5)25-43-30-24-29(38(7,8)9)32(44-26-28(15-6)21-17-11-2)34-33(30)45-37(46-34)31-35(41)39(22-18-12-3)40(36(31)42)23-19-13-4/h24,27-28H,10-23,25-26H2,1-9H3. The fourth-order valence-electron chi connectivity index (χ4n) is 5.91. The summed E-state index contributed by atoms with van der Waals surface area (Å²) in [6.45, 7) is 22.3. The topological polar surface area (TPSA) is 59.1 Å². The molecule has 3 rings (SSSR count). The van der Waals surface area contributed by atoms with Gasteiger partial charge in [-0.1, -0.05) is 137 Å². The summed E-state index contributed by atoms with van der Waals surface area (Å²) in [5.41, 5.74) is 1.23. The molecule has 46 heavy (non-hydrogen) atoms. The highest BCUT2D eigenvalue weighted by molar-refractivity contribution is 8.25. The van der Waals surface area contributed by atoms with Gasteiger partial charge < -0.3 is 9.47 Å². The largest absolute Gasteiger partial charge is 0.492 e. The SMILES string of the molecule is CCCCC(CC)COc1cc(C(C)(C)C)c(OCC(CC)CCCC)c2c1SC(=C1C(=O)N(CCCC)N(CCCC)C1=O)S2.